The Balaban J connectivity index is 2.28. The molecule has 0 fully saturated rings. The van der Waals surface area contributed by atoms with Crippen LogP contribution in [0.1, 0.15) is 17.2 Å². The third-order valence-electron chi connectivity index (χ3n) is 2.64. The summed E-state index contributed by atoms with van der Waals surface area (Å²) in [4.78, 5) is 4.63. The van der Waals surface area contributed by atoms with Crippen LogP contribution in [0.4, 0.5) is 0 Å². The van der Waals surface area contributed by atoms with Crippen LogP contribution in [-0.2, 0) is 22.8 Å². The van der Waals surface area contributed by atoms with Gasteiger partial charge >= 0.3 is 0 Å². The van der Waals surface area contributed by atoms with Gasteiger partial charge in [-0.25, -0.2) is 13.4 Å². The standard InChI is InChI=1S/C12H16N4O2S/c1-13-8-12-14-11(15-16-12)7-9-5-3-4-6-10(9)19(2,17)18/h3-6,13H,7-8H2,1-2H3,(H,14,15,16). The van der Waals surface area contributed by atoms with Crippen molar-refractivity contribution in [2.75, 3.05) is 13.3 Å². The lowest BCUT2D eigenvalue weighted by molar-refractivity contribution is 0.601. The predicted molar refractivity (Wildman–Crippen MR) is 71.5 cm³/mol. The molecule has 1 heterocycles. The van der Waals surface area contributed by atoms with Crippen molar-refractivity contribution in [3.05, 3.63) is 41.5 Å². The minimum Gasteiger partial charge on any atom is -0.313 e. The van der Waals surface area contributed by atoms with Crippen LogP contribution in [0.25, 0.3) is 0 Å². The highest BCUT2D eigenvalue weighted by Gasteiger charge is 2.14. The molecule has 2 N–H and O–H groups in total. The molecule has 0 saturated heterocycles. The lowest BCUT2D eigenvalue weighted by Gasteiger charge is -2.05. The molecule has 102 valence electrons. The Hall–Kier alpha value is -1.73. The van der Waals surface area contributed by atoms with Crippen molar-refractivity contribution in [3.8, 4) is 0 Å². The molecule has 6 nitrogen and oxygen atoms in total. The number of aromatic amines is 1. The summed E-state index contributed by atoms with van der Waals surface area (Å²) in [6.45, 7) is 0.574. The lowest BCUT2D eigenvalue weighted by atomic mass is 10.1. The second-order valence-electron chi connectivity index (χ2n) is 4.29. The molecular weight excluding hydrogens is 264 g/mol. The number of benzene rings is 1. The Morgan fingerprint density at radius 2 is 2.05 bits per heavy atom. The molecule has 0 saturated carbocycles. The summed E-state index contributed by atoms with van der Waals surface area (Å²) in [6.07, 6.45) is 1.62. The fourth-order valence-corrected chi connectivity index (χ4v) is 2.79. The second-order valence-corrected chi connectivity index (χ2v) is 6.27. The van der Waals surface area contributed by atoms with Gasteiger partial charge in [-0.3, -0.25) is 5.10 Å². The number of hydrogen-bond donors (Lipinski definition) is 2. The Bertz CT molecular complexity index is 664. The molecular formula is C12H16N4O2S. The molecule has 0 atom stereocenters. The van der Waals surface area contributed by atoms with Crippen molar-refractivity contribution >= 4 is 9.84 Å². The van der Waals surface area contributed by atoms with Crippen molar-refractivity contribution in [2.24, 2.45) is 0 Å². The van der Waals surface area contributed by atoms with Crippen molar-refractivity contribution in [1.82, 2.24) is 20.5 Å². The summed E-state index contributed by atoms with van der Waals surface area (Å²) in [5.74, 6) is 1.32. The minimum atomic E-state index is -3.23. The van der Waals surface area contributed by atoms with E-state index in [4.69, 9.17) is 0 Å². The van der Waals surface area contributed by atoms with Crippen molar-refractivity contribution in [3.63, 3.8) is 0 Å². The highest BCUT2D eigenvalue weighted by molar-refractivity contribution is 7.90. The van der Waals surface area contributed by atoms with Gasteiger partial charge in [0.1, 0.15) is 5.82 Å². The predicted octanol–water partition coefficient (Wildman–Crippen LogP) is 0.518. The Morgan fingerprint density at radius 1 is 1.32 bits per heavy atom. The number of aromatic nitrogens is 3. The topological polar surface area (TPSA) is 87.7 Å². The van der Waals surface area contributed by atoms with Gasteiger partial charge in [0.25, 0.3) is 0 Å². The maximum absolute atomic E-state index is 11.7. The maximum Gasteiger partial charge on any atom is 0.175 e. The molecule has 0 bridgehead atoms. The quantitative estimate of drug-likeness (QED) is 0.833. The Kier molecular flexibility index (Phi) is 3.96. The molecule has 0 amide bonds. The van der Waals surface area contributed by atoms with Gasteiger partial charge in [0, 0.05) is 12.7 Å². The summed E-state index contributed by atoms with van der Waals surface area (Å²) in [5.41, 5.74) is 0.720. The van der Waals surface area contributed by atoms with Crippen LogP contribution >= 0.6 is 0 Å². The lowest BCUT2D eigenvalue weighted by Crippen LogP contribution is -2.06. The smallest absolute Gasteiger partial charge is 0.175 e. The highest BCUT2D eigenvalue weighted by Crippen LogP contribution is 2.17. The number of H-pyrrole nitrogens is 1. The molecule has 1 aromatic heterocycles. The molecule has 0 unspecified atom stereocenters. The van der Waals surface area contributed by atoms with Gasteiger partial charge in [-0.15, -0.1) is 0 Å². The Labute approximate surface area is 112 Å². The molecule has 7 heteroatoms. The zero-order chi connectivity index (χ0) is 13.9. The van der Waals surface area contributed by atoms with E-state index in [2.05, 4.69) is 20.5 Å². The van der Waals surface area contributed by atoms with E-state index in [0.717, 1.165) is 5.56 Å². The second kappa shape index (κ2) is 5.50. The number of hydrogen-bond acceptors (Lipinski definition) is 5. The van der Waals surface area contributed by atoms with Crippen molar-refractivity contribution in [1.29, 1.82) is 0 Å². The van der Waals surface area contributed by atoms with Gasteiger partial charge in [0.05, 0.1) is 11.4 Å². The van der Waals surface area contributed by atoms with Crippen molar-refractivity contribution in [2.45, 2.75) is 17.9 Å². The molecule has 2 rings (SSSR count). The highest BCUT2D eigenvalue weighted by atomic mass is 32.2. The van der Waals surface area contributed by atoms with Crippen molar-refractivity contribution < 1.29 is 8.42 Å². The van der Waals surface area contributed by atoms with Crippen LogP contribution in [0, 0.1) is 0 Å². The molecule has 19 heavy (non-hydrogen) atoms. The van der Waals surface area contributed by atoms with E-state index in [1.165, 1.54) is 6.26 Å². The molecule has 2 aromatic rings. The molecule has 0 radical (unpaired) electrons. The SMILES string of the molecule is CNCc1n[nH]c(Cc2ccccc2S(C)(=O)=O)n1. The molecule has 0 aliphatic carbocycles. The van der Waals surface area contributed by atoms with Crippen LogP contribution < -0.4 is 5.32 Å². The fraction of sp³-hybridized carbons (Fsp3) is 0.333. The van der Waals surface area contributed by atoms with Gasteiger partial charge in [-0.2, -0.15) is 5.10 Å². The fourth-order valence-electron chi connectivity index (χ4n) is 1.84. The van der Waals surface area contributed by atoms with Crippen LogP contribution in [0.15, 0.2) is 29.2 Å². The summed E-state index contributed by atoms with van der Waals surface area (Å²) < 4.78 is 23.4. The first kappa shape index (κ1) is 13.7. The summed E-state index contributed by atoms with van der Waals surface area (Å²) in [6, 6.07) is 6.92. The van der Waals surface area contributed by atoms with Crippen LogP contribution in [0.3, 0.4) is 0 Å². The van der Waals surface area contributed by atoms with Gasteiger partial charge in [0.2, 0.25) is 0 Å². The van der Waals surface area contributed by atoms with Gasteiger partial charge < -0.3 is 5.32 Å². The summed E-state index contributed by atoms with van der Waals surface area (Å²) in [5, 5.41) is 9.82. The normalized spacial score (nSPS) is 11.7. The number of nitrogens with one attached hydrogen (secondary N) is 2. The zero-order valence-electron chi connectivity index (χ0n) is 10.8. The molecule has 1 aromatic carbocycles. The first-order valence-corrected chi connectivity index (χ1v) is 7.72. The third-order valence-corrected chi connectivity index (χ3v) is 3.84. The number of rotatable bonds is 5. The van der Waals surface area contributed by atoms with Crippen LogP contribution in [0.5, 0.6) is 0 Å². The van der Waals surface area contributed by atoms with Gasteiger partial charge in [0.15, 0.2) is 15.7 Å². The van der Waals surface area contributed by atoms with E-state index in [0.29, 0.717) is 29.5 Å². The first-order valence-electron chi connectivity index (χ1n) is 5.83. The average Bonchev–Trinajstić information content (AvgIpc) is 2.76. The minimum absolute atomic E-state index is 0.335. The molecule has 0 spiro atoms. The van der Waals surface area contributed by atoms with Crippen LogP contribution in [0.2, 0.25) is 0 Å². The van der Waals surface area contributed by atoms with E-state index < -0.39 is 9.84 Å². The maximum atomic E-state index is 11.7. The van der Waals surface area contributed by atoms with E-state index in [1.807, 2.05) is 13.1 Å². The molecule has 0 aliphatic rings. The largest absolute Gasteiger partial charge is 0.313 e. The van der Waals surface area contributed by atoms with E-state index in [9.17, 15) is 8.42 Å². The van der Waals surface area contributed by atoms with Gasteiger partial charge in [-0.1, -0.05) is 18.2 Å². The van der Waals surface area contributed by atoms with E-state index in [-0.39, 0.29) is 0 Å². The average molecular weight is 280 g/mol. The number of nitrogens with zero attached hydrogens (tertiary/aromatic N) is 2. The zero-order valence-corrected chi connectivity index (χ0v) is 11.7. The summed E-state index contributed by atoms with van der Waals surface area (Å²) >= 11 is 0. The number of sulfone groups is 1. The molecule has 0 aliphatic heterocycles. The summed E-state index contributed by atoms with van der Waals surface area (Å²) in [7, 11) is -1.42. The van der Waals surface area contributed by atoms with Gasteiger partial charge in [-0.05, 0) is 18.7 Å². The monoisotopic (exact) mass is 280 g/mol. The third kappa shape index (κ3) is 3.39. The Morgan fingerprint density at radius 3 is 2.74 bits per heavy atom. The van der Waals surface area contributed by atoms with E-state index >= 15 is 0 Å². The first-order chi connectivity index (χ1) is 9.00. The van der Waals surface area contributed by atoms with Crippen LogP contribution in [-0.4, -0.2) is 36.9 Å². The van der Waals surface area contributed by atoms with E-state index in [1.54, 1.807) is 18.2 Å².